The number of carboxylic acid groups (broad SMARTS) is 1. The predicted molar refractivity (Wildman–Crippen MR) is 119 cm³/mol. The highest BCUT2D eigenvalue weighted by molar-refractivity contribution is 5.87. The summed E-state index contributed by atoms with van der Waals surface area (Å²) in [6.45, 7) is 0.802. The van der Waals surface area contributed by atoms with E-state index in [1.165, 1.54) is 0 Å². The Bertz CT molecular complexity index is 1030. The smallest absolute Gasteiger partial charge is 0.335 e. The van der Waals surface area contributed by atoms with Crippen LogP contribution in [0.1, 0.15) is 15.9 Å². The number of rotatable bonds is 10. The zero-order valence-corrected chi connectivity index (χ0v) is 17.4. The van der Waals surface area contributed by atoms with Crippen molar-refractivity contribution in [2.45, 2.75) is 0 Å². The number of benzene rings is 2. The minimum absolute atomic E-state index is 0.240. The lowest BCUT2D eigenvalue weighted by atomic mass is 10.1. The number of nitrogens with zero attached hydrogens (tertiary/aromatic N) is 1. The Morgan fingerprint density at radius 2 is 1.81 bits per heavy atom. The maximum atomic E-state index is 11.1. The molecule has 0 saturated heterocycles. The molecule has 3 aromatic rings. The minimum Gasteiger partial charge on any atom is -0.493 e. The molecule has 0 aliphatic heterocycles. The summed E-state index contributed by atoms with van der Waals surface area (Å²) >= 11 is 0. The van der Waals surface area contributed by atoms with Crippen molar-refractivity contribution in [3.8, 4) is 17.2 Å². The number of carboxylic acids is 1. The molecule has 0 amide bonds. The fourth-order valence-electron chi connectivity index (χ4n) is 2.93. The number of aromatic carboxylic acids is 1. The summed E-state index contributed by atoms with van der Waals surface area (Å²) in [4.78, 5) is 15.2. The van der Waals surface area contributed by atoms with E-state index in [0.717, 1.165) is 16.8 Å². The van der Waals surface area contributed by atoms with Gasteiger partial charge in [0.15, 0.2) is 11.5 Å². The number of hydrogen-bond acceptors (Lipinski definition) is 6. The molecule has 0 spiro atoms. The van der Waals surface area contributed by atoms with Crippen molar-refractivity contribution >= 4 is 17.7 Å². The second-order valence-corrected chi connectivity index (χ2v) is 6.61. The van der Waals surface area contributed by atoms with E-state index < -0.39 is 5.97 Å². The van der Waals surface area contributed by atoms with E-state index in [2.05, 4.69) is 10.3 Å². The van der Waals surface area contributed by atoms with Crippen LogP contribution in [0.2, 0.25) is 0 Å². The number of nitrogens with one attached hydrogen (secondary N) is 1. The SMILES string of the molecule is COc1cccc(OCC(=Cc2ccc(C(=O)O)cc2)CNc2cccnc2)c1OC. The van der Waals surface area contributed by atoms with Crippen LogP contribution in [0.4, 0.5) is 5.69 Å². The van der Waals surface area contributed by atoms with Crippen LogP contribution in [0.5, 0.6) is 17.2 Å². The van der Waals surface area contributed by atoms with Gasteiger partial charge in [0.05, 0.1) is 25.5 Å². The Balaban J connectivity index is 1.80. The predicted octanol–water partition coefficient (Wildman–Crippen LogP) is 4.37. The lowest BCUT2D eigenvalue weighted by molar-refractivity contribution is 0.0697. The van der Waals surface area contributed by atoms with Gasteiger partial charge < -0.3 is 24.6 Å². The molecule has 0 bridgehead atoms. The molecule has 0 saturated carbocycles. The van der Waals surface area contributed by atoms with Crippen molar-refractivity contribution in [1.29, 1.82) is 0 Å². The quantitative estimate of drug-likeness (QED) is 0.503. The molecule has 7 nitrogen and oxygen atoms in total. The number of aromatic nitrogens is 1. The molecule has 31 heavy (non-hydrogen) atoms. The van der Waals surface area contributed by atoms with Gasteiger partial charge in [-0.2, -0.15) is 0 Å². The Kier molecular flexibility index (Phi) is 7.48. The van der Waals surface area contributed by atoms with Crippen LogP contribution >= 0.6 is 0 Å². The van der Waals surface area contributed by atoms with Crippen molar-refractivity contribution in [3.05, 3.63) is 83.7 Å². The number of carbonyl (C=O) groups is 1. The zero-order valence-electron chi connectivity index (χ0n) is 17.4. The van der Waals surface area contributed by atoms with E-state index in [0.29, 0.717) is 23.8 Å². The molecule has 0 aliphatic rings. The third-order valence-electron chi connectivity index (χ3n) is 4.49. The molecule has 0 radical (unpaired) electrons. The third-order valence-corrected chi connectivity index (χ3v) is 4.49. The normalized spacial score (nSPS) is 11.0. The van der Waals surface area contributed by atoms with Crippen molar-refractivity contribution in [2.24, 2.45) is 0 Å². The molecule has 0 unspecified atom stereocenters. The van der Waals surface area contributed by atoms with Crippen LogP contribution in [0.25, 0.3) is 6.08 Å². The molecule has 1 heterocycles. The molecule has 0 atom stereocenters. The van der Waals surface area contributed by atoms with Crippen molar-refractivity contribution in [2.75, 3.05) is 32.7 Å². The first-order chi connectivity index (χ1) is 15.1. The van der Waals surface area contributed by atoms with Gasteiger partial charge in [-0.05, 0) is 47.5 Å². The summed E-state index contributed by atoms with van der Waals surface area (Å²) in [5.74, 6) is 0.719. The number of para-hydroxylation sites is 1. The first kappa shape index (κ1) is 21.7. The van der Waals surface area contributed by atoms with Crippen LogP contribution in [0.3, 0.4) is 0 Å². The van der Waals surface area contributed by atoms with Crippen LogP contribution in [0, 0.1) is 0 Å². The average molecular weight is 420 g/mol. The Morgan fingerprint density at radius 1 is 1.03 bits per heavy atom. The summed E-state index contributed by atoms with van der Waals surface area (Å²) in [6, 6.07) is 15.9. The van der Waals surface area contributed by atoms with Gasteiger partial charge in [-0.1, -0.05) is 24.3 Å². The van der Waals surface area contributed by atoms with Crippen molar-refractivity contribution in [1.82, 2.24) is 4.98 Å². The highest BCUT2D eigenvalue weighted by Crippen LogP contribution is 2.36. The van der Waals surface area contributed by atoms with Gasteiger partial charge in [-0.25, -0.2) is 4.79 Å². The zero-order chi connectivity index (χ0) is 22.1. The summed E-state index contributed by atoms with van der Waals surface area (Å²) < 4.78 is 16.8. The molecular formula is C24H24N2O5. The van der Waals surface area contributed by atoms with Crippen LogP contribution < -0.4 is 19.5 Å². The minimum atomic E-state index is -0.956. The number of pyridine rings is 1. The summed E-state index contributed by atoms with van der Waals surface area (Å²) in [5.41, 5.74) is 2.93. The fourth-order valence-corrected chi connectivity index (χ4v) is 2.93. The summed E-state index contributed by atoms with van der Waals surface area (Å²) in [7, 11) is 3.14. The van der Waals surface area contributed by atoms with Gasteiger partial charge >= 0.3 is 5.97 Å². The molecule has 0 aliphatic carbocycles. The van der Waals surface area contributed by atoms with E-state index in [1.807, 2.05) is 30.3 Å². The number of methoxy groups -OCH3 is 2. The molecule has 2 aromatic carbocycles. The monoisotopic (exact) mass is 420 g/mol. The first-order valence-electron chi connectivity index (χ1n) is 9.61. The van der Waals surface area contributed by atoms with E-state index in [9.17, 15) is 4.79 Å². The van der Waals surface area contributed by atoms with Crippen molar-refractivity contribution < 1.29 is 24.1 Å². The highest BCUT2D eigenvalue weighted by Gasteiger charge is 2.12. The Morgan fingerprint density at radius 3 is 2.45 bits per heavy atom. The van der Waals surface area contributed by atoms with E-state index in [1.54, 1.807) is 56.9 Å². The van der Waals surface area contributed by atoms with Crippen LogP contribution in [-0.4, -0.2) is 43.4 Å². The fraction of sp³-hybridized carbons (Fsp3) is 0.167. The second kappa shape index (κ2) is 10.7. The maximum absolute atomic E-state index is 11.1. The van der Waals surface area contributed by atoms with Gasteiger partial charge in [-0.3, -0.25) is 4.98 Å². The first-order valence-corrected chi connectivity index (χ1v) is 9.61. The van der Waals surface area contributed by atoms with E-state index in [-0.39, 0.29) is 12.2 Å². The highest BCUT2D eigenvalue weighted by atomic mass is 16.5. The Labute approximate surface area is 180 Å². The third kappa shape index (κ3) is 5.99. The van der Waals surface area contributed by atoms with Gasteiger partial charge in [0.2, 0.25) is 5.75 Å². The van der Waals surface area contributed by atoms with E-state index >= 15 is 0 Å². The molecule has 3 rings (SSSR count). The molecule has 2 N–H and O–H groups in total. The van der Waals surface area contributed by atoms with Crippen LogP contribution in [0.15, 0.2) is 72.6 Å². The maximum Gasteiger partial charge on any atom is 0.335 e. The van der Waals surface area contributed by atoms with Gasteiger partial charge in [0.1, 0.15) is 6.61 Å². The summed E-state index contributed by atoms with van der Waals surface area (Å²) in [5, 5.41) is 12.4. The number of ether oxygens (including phenoxy) is 3. The molecule has 160 valence electrons. The average Bonchev–Trinajstić information content (AvgIpc) is 2.81. The molecule has 7 heteroatoms. The summed E-state index contributed by atoms with van der Waals surface area (Å²) in [6.07, 6.45) is 5.41. The lowest BCUT2D eigenvalue weighted by Gasteiger charge is -2.16. The largest absolute Gasteiger partial charge is 0.493 e. The molecular weight excluding hydrogens is 396 g/mol. The van der Waals surface area contributed by atoms with Crippen LogP contribution in [-0.2, 0) is 0 Å². The second-order valence-electron chi connectivity index (χ2n) is 6.61. The van der Waals surface area contributed by atoms with Gasteiger partial charge in [-0.15, -0.1) is 0 Å². The van der Waals surface area contributed by atoms with Gasteiger partial charge in [0, 0.05) is 18.9 Å². The number of anilines is 1. The Hall–Kier alpha value is -4.00. The molecule has 1 aromatic heterocycles. The molecule has 0 fully saturated rings. The number of hydrogen-bond donors (Lipinski definition) is 2. The van der Waals surface area contributed by atoms with E-state index in [4.69, 9.17) is 19.3 Å². The van der Waals surface area contributed by atoms with Gasteiger partial charge in [0.25, 0.3) is 0 Å². The standard InChI is InChI=1S/C24H24N2O5/c1-29-21-6-3-7-22(23(21)30-2)31-16-18(14-26-20-5-4-12-25-15-20)13-17-8-10-19(11-9-17)24(27)28/h3-13,15,26H,14,16H2,1-2H3,(H,27,28). The topological polar surface area (TPSA) is 89.9 Å². The van der Waals surface area contributed by atoms with Crippen molar-refractivity contribution in [3.63, 3.8) is 0 Å². The lowest BCUT2D eigenvalue weighted by Crippen LogP contribution is -2.12.